The molecule has 0 spiro atoms. The first kappa shape index (κ1) is 19.8. The summed E-state index contributed by atoms with van der Waals surface area (Å²) in [5, 5.41) is 26.5. The fourth-order valence-corrected chi connectivity index (χ4v) is 3.74. The molecule has 7 heteroatoms. The van der Waals surface area contributed by atoms with Gasteiger partial charge in [-0.05, 0) is 25.0 Å². The van der Waals surface area contributed by atoms with E-state index in [2.05, 4.69) is 10.6 Å². The van der Waals surface area contributed by atoms with Crippen LogP contribution in [0.2, 0.25) is 0 Å². The Morgan fingerprint density at radius 3 is 2.52 bits per heavy atom. The van der Waals surface area contributed by atoms with Gasteiger partial charge in [-0.25, -0.2) is 0 Å². The number of ether oxygens (including phenoxy) is 1. The summed E-state index contributed by atoms with van der Waals surface area (Å²) in [7, 11) is 0. The van der Waals surface area contributed by atoms with Crippen molar-refractivity contribution in [3.63, 3.8) is 0 Å². The summed E-state index contributed by atoms with van der Waals surface area (Å²) in [5.41, 5.74) is -1.10. The molecule has 1 aliphatic heterocycles. The molecule has 1 heterocycles. The first-order chi connectivity index (χ1) is 13.0. The molecule has 2 fully saturated rings. The summed E-state index contributed by atoms with van der Waals surface area (Å²) >= 11 is 0. The van der Waals surface area contributed by atoms with E-state index >= 15 is 0 Å². The van der Waals surface area contributed by atoms with Gasteiger partial charge in [-0.15, -0.1) is 0 Å². The van der Waals surface area contributed by atoms with Crippen LogP contribution in [-0.2, 0) is 9.53 Å². The minimum Gasteiger partial charge on any atom is -0.387 e. The molecule has 3 atom stereocenters. The van der Waals surface area contributed by atoms with Crippen LogP contribution in [0.4, 0.5) is 0 Å². The zero-order valence-electron chi connectivity index (χ0n) is 15.4. The second-order valence-corrected chi connectivity index (χ2v) is 7.53. The van der Waals surface area contributed by atoms with Crippen LogP contribution in [0, 0.1) is 5.92 Å². The van der Waals surface area contributed by atoms with Crippen molar-refractivity contribution in [3.05, 3.63) is 35.9 Å². The van der Waals surface area contributed by atoms with E-state index in [-0.39, 0.29) is 37.4 Å². The molecular weight excluding hydrogens is 348 g/mol. The molecule has 1 aromatic carbocycles. The van der Waals surface area contributed by atoms with Crippen LogP contribution in [0.25, 0.3) is 0 Å². The summed E-state index contributed by atoms with van der Waals surface area (Å²) in [4.78, 5) is 24.3. The summed E-state index contributed by atoms with van der Waals surface area (Å²) in [6, 6.07) is 8.66. The van der Waals surface area contributed by atoms with Gasteiger partial charge in [0.1, 0.15) is 17.8 Å². The minimum absolute atomic E-state index is 0.0154. The largest absolute Gasteiger partial charge is 0.387 e. The molecule has 148 valence electrons. The van der Waals surface area contributed by atoms with Crippen molar-refractivity contribution in [1.29, 1.82) is 0 Å². The van der Waals surface area contributed by atoms with Crippen molar-refractivity contribution < 1.29 is 24.5 Å². The van der Waals surface area contributed by atoms with Gasteiger partial charge in [0.05, 0.1) is 13.2 Å². The Hall–Kier alpha value is -1.96. The second-order valence-electron chi connectivity index (χ2n) is 7.53. The van der Waals surface area contributed by atoms with E-state index in [0.717, 1.165) is 25.7 Å². The van der Waals surface area contributed by atoms with Gasteiger partial charge in [-0.3, -0.25) is 9.59 Å². The highest BCUT2D eigenvalue weighted by Crippen LogP contribution is 2.26. The molecule has 0 bridgehead atoms. The van der Waals surface area contributed by atoms with Gasteiger partial charge in [-0.1, -0.05) is 37.5 Å². The number of nitrogens with one attached hydrogen (secondary N) is 2. The Kier molecular flexibility index (Phi) is 6.46. The molecule has 7 nitrogen and oxygen atoms in total. The van der Waals surface area contributed by atoms with Gasteiger partial charge in [0, 0.05) is 18.0 Å². The van der Waals surface area contributed by atoms with Gasteiger partial charge < -0.3 is 25.6 Å². The number of carbonyl (C=O) groups is 2. The topological polar surface area (TPSA) is 108 Å². The maximum atomic E-state index is 12.2. The smallest absolute Gasteiger partial charge is 0.251 e. The standard InChI is InChI=1S/C20H28N2O5/c23-17-16(11-21-18(24)14-7-3-1-4-8-14)27-13-20(17,26)12-22-19(25)15-9-5-2-6-10-15/h2,5-6,9-10,14,16-17,23,26H,1,3-4,7-8,11-13H2,(H,21,24)(H,22,25)/t16-,17-,20+/m1/s1. The zero-order valence-corrected chi connectivity index (χ0v) is 15.4. The molecule has 1 saturated carbocycles. The fraction of sp³-hybridized carbons (Fsp3) is 0.600. The first-order valence-electron chi connectivity index (χ1n) is 9.62. The van der Waals surface area contributed by atoms with Gasteiger partial charge >= 0.3 is 0 Å². The summed E-state index contributed by atoms with van der Waals surface area (Å²) < 4.78 is 5.49. The number of rotatable bonds is 6. The van der Waals surface area contributed by atoms with Crippen molar-refractivity contribution >= 4 is 11.8 Å². The Labute approximate surface area is 159 Å². The summed E-state index contributed by atoms with van der Waals surface area (Å²) in [6.45, 7) is -0.0897. The average molecular weight is 376 g/mol. The van der Waals surface area contributed by atoms with E-state index in [1.807, 2.05) is 6.07 Å². The average Bonchev–Trinajstić information content (AvgIpc) is 3.00. The van der Waals surface area contributed by atoms with Crippen LogP contribution in [0.15, 0.2) is 30.3 Å². The van der Waals surface area contributed by atoms with Crippen LogP contribution in [0.5, 0.6) is 0 Å². The maximum absolute atomic E-state index is 12.2. The monoisotopic (exact) mass is 376 g/mol. The zero-order chi connectivity index (χ0) is 19.3. The number of carbonyl (C=O) groups excluding carboxylic acids is 2. The molecule has 1 saturated heterocycles. The highest BCUT2D eigenvalue weighted by Gasteiger charge is 2.48. The van der Waals surface area contributed by atoms with E-state index in [0.29, 0.717) is 5.56 Å². The van der Waals surface area contributed by atoms with Gasteiger partial charge in [-0.2, -0.15) is 0 Å². The minimum atomic E-state index is -1.58. The van der Waals surface area contributed by atoms with Gasteiger partial charge in [0.15, 0.2) is 0 Å². The van der Waals surface area contributed by atoms with Gasteiger partial charge in [0.2, 0.25) is 5.91 Å². The lowest BCUT2D eigenvalue weighted by Gasteiger charge is -2.27. The molecule has 0 radical (unpaired) electrons. The lowest BCUT2D eigenvalue weighted by Crippen LogP contribution is -2.53. The fourth-order valence-electron chi connectivity index (χ4n) is 3.74. The third-order valence-electron chi connectivity index (χ3n) is 5.49. The van der Waals surface area contributed by atoms with Crippen molar-refractivity contribution in [2.24, 2.45) is 5.92 Å². The number of hydrogen-bond donors (Lipinski definition) is 4. The molecule has 27 heavy (non-hydrogen) atoms. The number of aliphatic hydroxyl groups is 2. The van der Waals surface area contributed by atoms with E-state index in [4.69, 9.17) is 4.74 Å². The summed E-state index contributed by atoms with van der Waals surface area (Å²) in [5.74, 6) is -0.315. The second kappa shape index (κ2) is 8.82. The molecule has 3 rings (SSSR count). The molecule has 2 aliphatic rings. The predicted molar refractivity (Wildman–Crippen MR) is 99.1 cm³/mol. The van der Waals surface area contributed by atoms with Crippen molar-refractivity contribution in [3.8, 4) is 0 Å². The Bertz CT molecular complexity index is 647. The lowest BCUT2D eigenvalue weighted by atomic mass is 9.88. The number of hydrogen-bond acceptors (Lipinski definition) is 5. The van der Waals surface area contributed by atoms with Crippen molar-refractivity contribution in [1.82, 2.24) is 10.6 Å². The lowest BCUT2D eigenvalue weighted by molar-refractivity contribution is -0.126. The van der Waals surface area contributed by atoms with Crippen molar-refractivity contribution in [2.75, 3.05) is 19.7 Å². The first-order valence-corrected chi connectivity index (χ1v) is 9.62. The predicted octanol–water partition coefficient (Wildman–Crippen LogP) is 0.604. The molecule has 4 N–H and O–H groups in total. The number of benzene rings is 1. The SMILES string of the molecule is O=C(NC[C@]1(O)CO[C@H](CNC(=O)C2CCCCC2)[C@H]1O)c1ccccc1. The Morgan fingerprint density at radius 1 is 1.11 bits per heavy atom. The molecule has 2 amide bonds. The Balaban J connectivity index is 1.47. The number of amides is 2. The Morgan fingerprint density at radius 2 is 1.81 bits per heavy atom. The summed E-state index contributed by atoms with van der Waals surface area (Å²) in [6.07, 6.45) is 3.22. The molecule has 1 aliphatic carbocycles. The van der Waals surface area contributed by atoms with Crippen LogP contribution in [-0.4, -0.2) is 59.5 Å². The van der Waals surface area contributed by atoms with E-state index in [1.165, 1.54) is 6.42 Å². The van der Waals surface area contributed by atoms with E-state index in [9.17, 15) is 19.8 Å². The van der Waals surface area contributed by atoms with Crippen LogP contribution in [0.1, 0.15) is 42.5 Å². The van der Waals surface area contributed by atoms with Gasteiger partial charge in [0.25, 0.3) is 5.91 Å². The van der Waals surface area contributed by atoms with Crippen LogP contribution >= 0.6 is 0 Å². The third kappa shape index (κ3) is 4.86. The van der Waals surface area contributed by atoms with Crippen LogP contribution < -0.4 is 10.6 Å². The quantitative estimate of drug-likeness (QED) is 0.582. The maximum Gasteiger partial charge on any atom is 0.251 e. The van der Waals surface area contributed by atoms with Crippen LogP contribution in [0.3, 0.4) is 0 Å². The normalized spacial score (nSPS) is 28.7. The highest BCUT2D eigenvalue weighted by atomic mass is 16.5. The van der Waals surface area contributed by atoms with E-state index in [1.54, 1.807) is 24.3 Å². The van der Waals surface area contributed by atoms with E-state index < -0.39 is 17.8 Å². The molecule has 0 aromatic heterocycles. The molecular formula is C20H28N2O5. The molecule has 0 unspecified atom stereocenters. The highest BCUT2D eigenvalue weighted by molar-refractivity contribution is 5.94. The molecule has 1 aromatic rings. The number of aliphatic hydroxyl groups excluding tert-OH is 1. The third-order valence-corrected chi connectivity index (χ3v) is 5.49. The van der Waals surface area contributed by atoms with Crippen molar-refractivity contribution in [2.45, 2.75) is 49.9 Å².